The zero-order chi connectivity index (χ0) is 34.7. The normalized spacial score (nSPS) is 42.5. The molecule has 0 radical (unpaired) electrons. The zero-order valence-corrected chi connectivity index (χ0v) is 30.7. The molecular formula is C34H58N2O9S. The van der Waals surface area contributed by atoms with Crippen molar-refractivity contribution in [1.29, 1.82) is 0 Å². The topological polar surface area (TPSA) is 136 Å². The number of nitrogens with two attached hydrogens (primary N) is 1. The van der Waals surface area contributed by atoms with Crippen LogP contribution >= 0.6 is 11.8 Å². The van der Waals surface area contributed by atoms with Gasteiger partial charge in [0.25, 0.3) is 5.95 Å². The van der Waals surface area contributed by atoms with E-state index in [0.717, 1.165) is 0 Å². The van der Waals surface area contributed by atoms with Gasteiger partial charge in [0.1, 0.15) is 11.9 Å². The second-order valence-corrected chi connectivity index (χ2v) is 15.2. The summed E-state index contributed by atoms with van der Waals surface area (Å²) < 4.78 is 37.9. The van der Waals surface area contributed by atoms with Gasteiger partial charge in [-0.3, -0.25) is 14.4 Å². The van der Waals surface area contributed by atoms with Crippen LogP contribution in [-0.2, 0) is 42.8 Å². The van der Waals surface area contributed by atoms with Gasteiger partial charge in [0.05, 0.1) is 34.7 Å². The molecule has 2 saturated heterocycles. The summed E-state index contributed by atoms with van der Waals surface area (Å²) in [6.45, 7) is 16.9. The number of hydrogen-bond acceptors (Lipinski definition) is 12. The summed E-state index contributed by atoms with van der Waals surface area (Å²) >= 11 is 1.60. The Balaban J connectivity index is 2.16. The molecule has 0 aromatic carbocycles. The molecule has 0 spiro atoms. The highest BCUT2D eigenvalue weighted by molar-refractivity contribution is 8.00. The van der Waals surface area contributed by atoms with Gasteiger partial charge in [0, 0.05) is 50.5 Å². The highest BCUT2D eigenvalue weighted by Crippen LogP contribution is 2.47. The van der Waals surface area contributed by atoms with Gasteiger partial charge in [-0.15, -0.1) is 0 Å². The minimum Gasteiger partial charge on any atom is -0.458 e. The largest absolute Gasteiger partial charge is 0.458 e. The lowest BCUT2D eigenvalue weighted by Crippen LogP contribution is -2.57. The van der Waals surface area contributed by atoms with Crippen molar-refractivity contribution in [2.24, 2.45) is 23.5 Å². The summed E-state index contributed by atoms with van der Waals surface area (Å²) in [5, 5.41) is -0.299. The molecule has 2 fully saturated rings. The van der Waals surface area contributed by atoms with E-state index in [9.17, 15) is 14.4 Å². The predicted molar refractivity (Wildman–Crippen MR) is 177 cm³/mol. The molecule has 3 rings (SSSR count). The second-order valence-electron chi connectivity index (χ2n) is 13.9. The Bertz CT molecular complexity index is 1130. The van der Waals surface area contributed by atoms with Crippen LogP contribution in [0.3, 0.4) is 0 Å². The molecule has 0 aromatic rings. The molecule has 0 saturated carbocycles. The van der Waals surface area contributed by atoms with Crippen LogP contribution < -0.4 is 5.73 Å². The van der Waals surface area contributed by atoms with Gasteiger partial charge < -0.3 is 39.1 Å². The van der Waals surface area contributed by atoms with Gasteiger partial charge in [-0.05, 0) is 54.6 Å². The zero-order valence-electron chi connectivity index (χ0n) is 29.9. The number of rotatable bonds is 9. The number of likely N-dealkylation sites (N-methyl/N-ethyl adjacent to an activating group) is 1. The van der Waals surface area contributed by atoms with Crippen molar-refractivity contribution >= 4 is 29.3 Å². The maximum atomic E-state index is 14.4. The minimum absolute atomic E-state index is 0.0117. The number of esters is 1. The van der Waals surface area contributed by atoms with Crippen molar-refractivity contribution in [2.45, 2.75) is 135 Å². The van der Waals surface area contributed by atoms with Crippen molar-refractivity contribution in [2.75, 3.05) is 33.5 Å². The number of carbonyl (C=O) groups excluding carboxylic acids is 3. The Morgan fingerprint density at radius 2 is 1.78 bits per heavy atom. The molecule has 3 aliphatic heterocycles. The number of methoxy groups -OCH3 is 1. The van der Waals surface area contributed by atoms with E-state index in [1.54, 1.807) is 32.7 Å². The Hall–Kier alpha value is -1.70. The Morgan fingerprint density at radius 3 is 2.33 bits per heavy atom. The third kappa shape index (κ3) is 7.94. The molecule has 0 amide bonds. The summed E-state index contributed by atoms with van der Waals surface area (Å²) in [6.07, 6.45) is -1.61. The molecule has 1 unspecified atom stereocenters. The maximum Gasteiger partial charge on any atom is 0.303 e. The SMILES string of the molecule is CC[C@H]1O/C2=C(\C)C(=O)[C@H](C)[C@@H](OC3O[C@H](C)C[C@H](N(C)C)[C@H]3OC(C)=O)C[C@@](C)(OC)[C@@H](C)C(=O)[C@@H](C)[C@@H](SCCN)[C@@]1(C)O2. The monoisotopic (exact) mass is 670 g/mol. The Kier molecular flexibility index (Phi) is 13.2. The number of allylic oxidation sites excluding steroid dienone is 1. The van der Waals surface area contributed by atoms with Crippen molar-refractivity contribution in [3.63, 3.8) is 0 Å². The predicted octanol–water partition coefficient (Wildman–Crippen LogP) is 4.10. The van der Waals surface area contributed by atoms with Crippen LogP contribution in [0.2, 0.25) is 0 Å². The van der Waals surface area contributed by atoms with Crippen LogP contribution in [0.15, 0.2) is 11.5 Å². The van der Waals surface area contributed by atoms with E-state index in [4.69, 9.17) is 34.2 Å². The van der Waals surface area contributed by atoms with Crippen molar-refractivity contribution < 1.29 is 42.8 Å². The highest BCUT2D eigenvalue weighted by Gasteiger charge is 2.56. The minimum atomic E-state index is -1.01. The molecule has 11 nitrogen and oxygen atoms in total. The van der Waals surface area contributed by atoms with Crippen LogP contribution in [0.5, 0.6) is 0 Å². The molecule has 46 heavy (non-hydrogen) atoms. The average Bonchev–Trinajstić information content (AvgIpc) is 3.35. The van der Waals surface area contributed by atoms with Gasteiger partial charge in [-0.1, -0.05) is 27.7 Å². The van der Waals surface area contributed by atoms with Crippen LogP contribution in [0, 0.1) is 17.8 Å². The third-order valence-electron chi connectivity index (χ3n) is 10.4. The lowest BCUT2D eigenvalue weighted by Gasteiger charge is -2.45. The fourth-order valence-electron chi connectivity index (χ4n) is 7.20. The van der Waals surface area contributed by atoms with Gasteiger partial charge in [0.2, 0.25) is 0 Å². The van der Waals surface area contributed by atoms with Crippen molar-refractivity contribution in [3.8, 4) is 0 Å². The number of carbonyl (C=O) groups is 3. The first-order valence-electron chi connectivity index (χ1n) is 16.6. The number of ether oxygens (including phenoxy) is 6. The summed E-state index contributed by atoms with van der Waals surface area (Å²) in [5.74, 6) is -1.60. The van der Waals surface area contributed by atoms with E-state index in [1.807, 2.05) is 60.5 Å². The van der Waals surface area contributed by atoms with Crippen molar-refractivity contribution in [3.05, 3.63) is 11.5 Å². The van der Waals surface area contributed by atoms with E-state index in [1.165, 1.54) is 6.92 Å². The first-order chi connectivity index (χ1) is 21.4. The van der Waals surface area contributed by atoms with Gasteiger partial charge in [-0.2, -0.15) is 11.8 Å². The van der Waals surface area contributed by atoms with E-state index >= 15 is 0 Å². The Labute approximate surface area is 279 Å². The van der Waals surface area contributed by atoms with E-state index in [2.05, 4.69) is 0 Å². The number of nitrogens with zero attached hydrogens (tertiary/aromatic N) is 1. The lowest BCUT2D eigenvalue weighted by atomic mass is 9.74. The van der Waals surface area contributed by atoms with Crippen LogP contribution in [0.25, 0.3) is 0 Å². The van der Waals surface area contributed by atoms with Gasteiger partial charge in [0.15, 0.2) is 23.8 Å². The summed E-state index contributed by atoms with van der Waals surface area (Å²) in [6, 6.07) is -0.177. The number of ketones is 2. The van der Waals surface area contributed by atoms with E-state index in [-0.39, 0.29) is 47.4 Å². The summed E-state index contributed by atoms with van der Waals surface area (Å²) in [7, 11) is 5.43. The van der Waals surface area contributed by atoms with Crippen molar-refractivity contribution in [1.82, 2.24) is 4.90 Å². The first-order valence-corrected chi connectivity index (χ1v) is 17.7. The Morgan fingerprint density at radius 1 is 1.13 bits per heavy atom. The van der Waals surface area contributed by atoms with Gasteiger partial charge in [-0.25, -0.2) is 0 Å². The molecule has 12 heteroatoms. The molecule has 2 bridgehead atoms. The molecule has 2 N–H and O–H groups in total. The molecule has 3 heterocycles. The quantitative estimate of drug-likeness (QED) is 0.354. The van der Waals surface area contributed by atoms with Crippen LogP contribution in [-0.4, -0.2) is 109 Å². The van der Waals surface area contributed by atoms with E-state index in [0.29, 0.717) is 30.7 Å². The number of Topliss-reactive ketones (excluding diaryl/α,β-unsaturated/α-hetero) is 2. The third-order valence-corrected chi connectivity index (χ3v) is 12.1. The smallest absolute Gasteiger partial charge is 0.303 e. The average molecular weight is 671 g/mol. The van der Waals surface area contributed by atoms with E-state index < -0.39 is 53.4 Å². The summed E-state index contributed by atoms with van der Waals surface area (Å²) in [4.78, 5) is 42.9. The summed E-state index contributed by atoms with van der Waals surface area (Å²) in [5.41, 5.74) is 4.37. The van der Waals surface area contributed by atoms with Crippen LogP contribution in [0.4, 0.5) is 0 Å². The fourth-order valence-corrected chi connectivity index (χ4v) is 8.54. The molecular weight excluding hydrogens is 612 g/mol. The maximum absolute atomic E-state index is 14.4. The standard InChI is InChI=1S/C34H58N2O9S/c1-13-26-34(9)30(46-15-14-35)20(4)28(39)22(6)33(8,40-12)17-25(19(3)27(38)21(5)31(44-26)45-34)43-32-29(42-23(7)37)24(36(10)11)16-18(2)41-32/h18-20,22,24-26,29-30,32H,13-17,35H2,1-12H3/b31-21-/t18-,19-,20-,22+,24+,25+,26-,29-,30-,32?,33-,34+/m1/s1. The molecule has 12 atom stereocenters. The molecule has 0 aliphatic carbocycles. The fraction of sp³-hybridized carbons (Fsp3) is 0.853. The second kappa shape index (κ2) is 15.7. The highest BCUT2D eigenvalue weighted by atomic mass is 32.2. The molecule has 0 aromatic heterocycles. The van der Waals surface area contributed by atoms with Gasteiger partial charge >= 0.3 is 5.97 Å². The molecule has 3 aliphatic rings. The number of hydrogen-bond donors (Lipinski definition) is 1. The number of fused-ring (bicyclic) bond motifs is 2. The van der Waals surface area contributed by atoms with Crippen LogP contribution in [0.1, 0.15) is 81.6 Å². The molecule has 264 valence electrons. The number of thioether (sulfide) groups is 1. The first kappa shape index (κ1) is 38.7. The lowest BCUT2D eigenvalue weighted by molar-refractivity contribution is -0.281.